The molecule has 2 amide bonds. The average Bonchev–Trinajstić information content (AvgIpc) is 2.45. The highest BCUT2D eigenvalue weighted by atomic mass is 32.2. The van der Waals surface area contributed by atoms with Gasteiger partial charge in [-0.2, -0.15) is 12.7 Å². The van der Waals surface area contributed by atoms with E-state index in [2.05, 4.69) is 27.3 Å². The molecular formula is C13H29N5O3S. The zero-order valence-electron chi connectivity index (χ0n) is 13.8. The summed E-state index contributed by atoms with van der Waals surface area (Å²) in [4.78, 5) is 13.9. The lowest BCUT2D eigenvalue weighted by atomic mass is 9.94. The van der Waals surface area contributed by atoms with Crippen LogP contribution in [0.3, 0.4) is 0 Å². The highest BCUT2D eigenvalue weighted by Crippen LogP contribution is 2.18. The minimum atomic E-state index is -3.42. The van der Waals surface area contributed by atoms with Gasteiger partial charge in [-0.15, -0.1) is 0 Å². The van der Waals surface area contributed by atoms with Gasteiger partial charge in [0.25, 0.3) is 10.2 Å². The van der Waals surface area contributed by atoms with Crippen molar-refractivity contribution in [2.75, 3.05) is 53.9 Å². The fourth-order valence-corrected chi connectivity index (χ4v) is 2.91. The molecule has 0 unspecified atom stereocenters. The van der Waals surface area contributed by atoms with Crippen LogP contribution >= 0.6 is 0 Å². The van der Waals surface area contributed by atoms with Gasteiger partial charge >= 0.3 is 6.03 Å². The molecule has 0 spiro atoms. The van der Waals surface area contributed by atoms with Crippen LogP contribution in [0, 0.1) is 5.92 Å². The number of hydrogen-bond acceptors (Lipinski definition) is 4. The third-order valence-corrected chi connectivity index (χ3v) is 5.38. The number of likely N-dealkylation sites (tertiary alicyclic amines) is 1. The first-order chi connectivity index (χ1) is 10.3. The highest BCUT2D eigenvalue weighted by Gasteiger charge is 2.16. The van der Waals surface area contributed by atoms with Crippen molar-refractivity contribution in [3.8, 4) is 0 Å². The van der Waals surface area contributed by atoms with E-state index in [0.29, 0.717) is 12.5 Å². The standard InChI is InChI=1S/C13H29N5O3S/c1-17(2)22(20,21)16-9-8-15-13(19)14-7-4-12-5-10-18(3)11-6-12/h12,16H,4-11H2,1-3H3,(H2,14,15,19). The molecule has 3 N–H and O–H groups in total. The van der Waals surface area contributed by atoms with Gasteiger partial charge in [0, 0.05) is 33.7 Å². The number of rotatable bonds is 8. The van der Waals surface area contributed by atoms with Gasteiger partial charge < -0.3 is 15.5 Å². The van der Waals surface area contributed by atoms with Crippen molar-refractivity contribution in [1.29, 1.82) is 0 Å². The number of carbonyl (C=O) groups excluding carboxylic acids is 1. The summed E-state index contributed by atoms with van der Waals surface area (Å²) in [5.74, 6) is 0.684. The average molecular weight is 335 g/mol. The molecule has 8 nitrogen and oxygen atoms in total. The highest BCUT2D eigenvalue weighted by molar-refractivity contribution is 7.87. The number of piperidine rings is 1. The monoisotopic (exact) mass is 335 g/mol. The number of urea groups is 1. The van der Waals surface area contributed by atoms with Gasteiger partial charge in [0.1, 0.15) is 0 Å². The predicted octanol–water partition coefficient (Wildman–Crippen LogP) is -0.586. The maximum absolute atomic E-state index is 11.6. The van der Waals surface area contributed by atoms with Crippen LogP contribution in [-0.2, 0) is 10.2 Å². The molecule has 1 rings (SSSR count). The molecule has 0 aliphatic carbocycles. The fourth-order valence-electron chi connectivity index (χ4n) is 2.29. The third kappa shape index (κ3) is 7.39. The summed E-state index contributed by atoms with van der Waals surface area (Å²) in [6.07, 6.45) is 3.37. The van der Waals surface area contributed by atoms with E-state index in [1.807, 2.05) is 0 Å². The Morgan fingerprint density at radius 2 is 1.73 bits per heavy atom. The van der Waals surface area contributed by atoms with Crippen molar-refractivity contribution in [1.82, 2.24) is 24.6 Å². The number of nitrogens with one attached hydrogen (secondary N) is 3. The second kappa shape index (κ2) is 9.29. The van der Waals surface area contributed by atoms with Gasteiger partial charge in [0.2, 0.25) is 0 Å². The number of carbonyl (C=O) groups is 1. The Morgan fingerprint density at radius 1 is 1.14 bits per heavy atom. The van der Waals surface area contributed by atoms with Crippen LogP contribution in [0.2, 0.25) is 0 Å². The molecule has 1 heterocycles. The lowest BCUT2D eigenvalue weighted by Gasteiger charge is -2.28. The molecule has 9 heteroatoms. The van der Waals surface area contributed by atoms with Crippen LogP contribution in [0.5, 0.6) is 0 Å². The van der Waals surface area contributed by atoms with Crippen LogP contribution in [0.4, 0.5) is 4.79 Å². The Bertz CT molecular complexity index is 433. The molecule has 0 aromatic rings. The van der Waals surface area contributed by atoms with Gasteiger partial charge in [-0.3, -0.25) is 0 Å². The molecule has 22 heavy (non-hydrogen) atoms. The largest absolute Gasteiger partial charge is 0.338 e. The minimum absolute atomic E-state index is 0.170. The Balaban J connectivity index is 2.04. The summed E-state index contributed by atoms with van der Waals surface area (Å²) >= 11 is 0. The van der Waals surface area contributed by atoms with Crippen molar-refractivity contribution < 1.29 is 13.2 Å². The van der Waals surface area contributed by atoms with Crippen LogP contribution in [0.15, 0.2) is 0 Å². The second-order valence-corrected chi connectivity index (χ2v) is 7.87. The number of amides is 2. The van der Waals surface area contributed by atoms with Crippen LogP contribution in [0.1, 0.15) is 19.3 Å². The first kappa shape index (κ1) is 19.1. The molecule has 0 bridgehead atoms. The molecule has 0 aromatic heterocycles. The Labute approximate surface area is 133 Å². The molecule has 0 radical (unpaired) electrons. The summed E-state index contributed by atoms with van der Waals surface area (Å²) in [5, 5.41) is 5.45. The summed E-state index contributed by atoms with van der Waals surface area (Å²) in [6, 6.07) is -0.253. The molecule has 130 valence electrons. The van der Waals surface area contributed by atoms with Gasteiger partial charge in [-0.05, 0) is 45.3 Å². The van der Waals surface area contributed by atoms with Gasteiger partial charge in [0.05, 0.1) is 0 Å². The lowest BCUT2D eigenvalue weighted by Crippen LogP contribution is -2.43. The fraction of sp³-hybridized carbons (Fsp3) is 0.923. The van der Waals surface area contributed by atoms with E-state index in [1.54, 1.807) is 0 Å². The molecule has 0 aromatic carbocycles. The van der Waals surface area contributed by atoms with E-state index >= 15 is 0 Å². The molecule has 1 fully saturated rings. The van der Waals surface area contributed by atoms with E-state index in [4.69, 9.17) is 0 Å². The van der Waals surface area contributed by atoms with Crippen LogP contribution in [0.25, 0.3) is 0 Å². The van der Waals surface area contributed by atoms with Gasteiger partial charge in [-0.1, -0.05) is 0 Å². The maximum Gasteiger partial charge on any atom is 0.314 e. The first-order valence-electron chi connectivity index (χ1n) is 7.68. The first-order valence-corrected chi connectivity index (χ1v) is 9.12. The van der Waals surface area contributed by atoms with E-state index in [9.17, 15) is 13.2 Å². The SMILES string of the molecule is CN1CCC(CCNC(=O)NCCNS(=O)(=O)N(C)C)CC1. The van der Waals surface area contributed by atoms with Crippen molar-refractivity contribution in [2.45, 2.75) is 19.3 Å². The van der Waals surface area contributed by atoms with Crippen LogP contribution in [-0.4, -0.2) is 77.5 Å². The van der Waals surface area contributed by atoms with Crippen molar-refractivity contribution in [2.24, 2.45) is 5.92 Å². The summed E-state index contributed by atoms with van der Waals surface area (Å²) in [6.45, 7) is 3.34. The number of hydrogen-bond donors (Lipinski definition) is 3. The second-order valence-electron chi connectivity index (χ2n) is 5.90. The Morgan fingerprint density at radius 3 is 2.32 bits per heavy atom. The summed E-state index contributed by atoms with van der Waals surface area (Å²) < 4.78 is 26.3. The predicted molar refractivity (Wildman–Crippen MR) is 86.8 cm³/mol. The third-order valence-electron chi connectivity index (χ3n) is 3.85. The lowest BCUT2D eigenvalue weighted by molar-refractivity contribution is 0.209. The molecular weight excluding hydrogens is 306 g/mol. The van der Waals surface area contributed by atoms with Gasteiger partial charge in [-0.25, -0.2) is 9.52 Å². The van der Waals surface area contributed by atoms with Gasteiger partial charge in [0.15, 0.2) is 0 Å². The van der Waals surface area contributed by atoms with Crippen molar-refractivity contribution >= 4 is 16.2 Å². The zero-order valence-corrected chi connectivity index (χ0v) is 14.6. The molecule has 1 aliphatic rings. The van der Waals surface area contributed by atoms with E-state index < -0.39 is 10.2 Å². The van der Waals surface area contributed by atoms with E-state index in [-0.39, 0.29) is 19.1 Å². The van der Waals surface area contributed by atoms with Crippen molar-refractivity contribution in [3.63, 3.8) is 0 Å². The van der Waals surface area contributed by atoms with Crippen molar-refractivity contribution in [3.05, 3.63) is 0 Å². The molecule has 1 saturated heterocycles. The van der Waals surface area contributed by atoms with E-state index in [0.717, 1.165) is 23.8 Å². The Hall–Kier alpha value is -0.900. The quantitative estimate of drug-likeness (QED) is 0.517. The topological polar surface area (TPSA) is 93.8 Å². The normalized spacial score (nSPS) is 17.6. The molecule has 0 atom stereocenters. The zero-order chi connectivity index (χ0) is 16.6. The smallest absolute Gasteiger partial charge is 0.314 e. The summed E-state index contributed by atoms with van der Waals surface area (Å²) in [5.41, 5.74) is 0. The Kier molecular flexibility index (Phi) is 8.08. The van der Waals surface area contributed by atoms with Crippen LogP contribution < -0.4 is 15.4 Å². The maximum atomic E-state index is 11.6. The number of nitrogens with zero attached hydrogens (tertiary/aromatic N) is 2. The minimum Gasteiger partial charge on any atom is -0.338 e. The summed E-state index contributed by atoms with van der Waals surface area (Å²) in [7, 11) is 1.61. The molecule has 0 saturated carbocycles. The molecule has 1 aliphatic heterocycles. The van der Waals surface area contributed by atoms with E-state index in [1.165, 1.54) is 26.9 Å².